The van der Waals surface area contributed by atoms with Gasteiger partial charge in [0.05, 0.1) is 10.2 Å². The molecule has 16 heavy (non-hydrogen) atoms. The van der Waals surface area contributed by atoms with E-state index in [1.807, 2.05) is 6.92 Å². The first-order valence-corrected chi connectivity index (χ1v) is 6.41. The maximum absolute atomic E-state index is 5.60. The monoisotopic (exact) mass is 285 g/mol. The highest BCUT2D eigenvalue weighted by molar-refractivity contribution is 9.10. The van der Waals surface area contributed by atoms with Gasteiger partial charge < -0.3 is 10.1 Å². The van der Waals surface area contributed by atoms with E-state index in [-0.39, 0.29) is 6.10 Å². The van der Waals surface area contributed by atoms with Gasteiger partial charge in [0.25, 0.3) is 0 Å². The molecule has 0 amide bonds. The summed E-state index contributed by atoms with van der Waals surface area (Å²) in [7, 11) is 0. The van der Waals surface area contributed by atoms with E-state index in [1.54, 1.807) is 0 Å². The summed E-state index contributed by atoms with van der Waals surface area (Å²) in [5.74, 6) is 1.66. The molecule has 0 aliphatic carbocycles. The Bertz CT molecular complexity index is 378. The molecule has 1 aliphatic heterocycles. The molecule has 4 nitrogen and oxygen atoms in total. The van der Waals surface area contributed by atoms with E-state index in [9.17, 15) is 0 Å². The van der Waals surface area contributed by atoms with Crippen LogP contribution in [0.2, 0.25) is 0 Å². The van der Waals surface area contributed by atoms with Crippen molar-refractivity contribution in [2.45, 2.75) is 32.8 Å². The van der Waals surface area contributed by atoms with Crippen molar-refractivity contribution >= 4 is 21.7 Å². The number of rotatable bonds is 3. The fraction of sp³-hybridized carbons (Fsp3) is 0.636. The fourth-order valence-electron chi connectivity index (χ4n) is 1.79. The third-order valence-electron chi connectivity index (χ3n) is 2.60. The lowest BCUT2D eigenvalue weighted by atomic mass is 10.2. The van der Waals surface area contributed by atoms with Gasteiger partial charge in [-0.25, -0.2) is 9.97 Å². The molecule has 2 heterocycles. The molecule has 1 aromatic heterocycles. The summed E-state index contributed by atoms with van der Waals surface area (Å²) in [6, 6.07) is 0. The zero-order valence-corrected chi connectivity index (χ0v) is 11.2. The van der Waals surface area contributed by atoms with Crippen LogP contribution >= 0.6 is 15.9 Å². The minimum atomic E-state index is 0.0733. The SMILES string of the molecule is CCNc1nc(C2CCCO2)nc(C)c1Br. The largest absolute Gasteiger partial charge is 0.370 e. The molecule has 5 heteroatoms. The second kappa shape index (κ2) is 5.10. The quantitative estimate of drug-likeness (QED) is 0.928. The Morgan fingerprint density at radius 3 is 2.94 bits per heavy atom. The van der Waals surface area contributed by atoms with Crippen LogP contribution in [0, 0.1) is 6.92 Å². The lowest BCUT2D eigenvalue weighted by Crippen LogP contribution is -2.09. The molecular weight excluding hydrogens is 270 g/mol. The first kappa shape index (κ1) is 11.8. The highest BCUT2D eigenvalue weighted by Gasteiger charge is 2.22. The molecule has 1 N–H and O–H groups in total. The van der Waals surface area contributed by atoms with E-state index in [4.69, 9.17) is 4.74 Å². The van der Waals surface area contributed by atoms with Gasteiger partial charge in [0.2, 0.25) is 0 Å². The number of aryl methyl sites for hydroxylation is 1. The number of anilines is 1. The maximum atomic E-state index is 5.60. The Balaban J connectivity index is 2.31. The van der Waals surface area contributed by atoms with Crippen LogP contribution in [0.1, 0.15) is 37.4 Å². The standard InChI is InChI=1S/C11H16BrN3O/c1-3-13-11-9(12)7(2)14-10(15-11)8-5-4-6-16-8/h8H,3-6H2,1-2H3,(H,13,14,15). The van der Waals surface area contributed by atoms with Gasteiger partial charge in [-0.3, -0.25) is 0 Å². The van der Waals surface area contributed by atoms with Gasteiger partial charge in [-0.05, 0) is 42.6 Å². The fourth-order valence-corrected chi connectivity index (χ4v) is 2.11. The lowest BCUT2D eigenvalue weighted by molar-refractivity contribution is 0.105. The number of nitrogens with zero attached hydrogens (tertiary/aromatic N) is 2. The summed E-state index contributed by atoms with van der Waals surface area (Å²) in [6.45, 7) is 5.69. The van der Waals surface area contributed by atoms with Gasteiger partial charge in [-0.2, -0.15) is 0 Å². The molecule has 88 valence electrons. The van der Waals surface area contributed by atoms with E-state index in [0.717, 1.165) is 47.8 Å². The molecule has 2 rings (SSSR count). The Hall–Kier alpha value is -0.680. The van der Waals surface area contributed by atoms with Crippen LogP contribution in [-0.4, -0.2) is 23.1 Å². The smallest absolute Gasteiger partial charge is 0.159 e. The van der Waals surface area contributed by atoms with Gasteiger partial charge >= 0.3 is 0 Å². The zero-order valence-electron chi connectivity index (χ0n) is 9.59. The van der Waals surface area contributed by atoms with Gasteiger partial charge in [0, 0.05) is 13.2 Å². The van der Waals surface area contributed by atoms with Crippen molar-refractivity contribution in [3.8, 4) is 0 Å². The highest BCUT2D eigenvalue weighted by atomic mass is 79.9. The first-order valence-electron chi connectivity index (χ1n) is 5.62. The first-order chi connectivity index (χ1) is 7.72. The molecular formula is C11H16BrN3O. The average Bonchev–Trinajstić information content (AvgIpc) is 2.78. The number of halogens is 1. The Kier molecular flexibility index (Phi) is 3.76. The molecule has 1 atom stereocenters. The minimum Gasteiger partial charge on any atom is -0.370 e. The third kappa shape index (κ3) is 2.35. The molecule has 1 aromatic rings. The number of nitrogens with one attached hydrogen (secondary N) is 1. The number of aromatic nitrogens is 2. The Morgan fingerprint density at radius 2 is 2.31 bits per heavy atom. The van der Waals surface area contributed by atoms with Crippen molar-refractivity contribution in [1.82, 2.24) is 9.97 Å². The zero-order chi connectivity index (χ0) is 11.5. The summed E-state index contributed by atoms with van der Waals surface area (Å²) >= 11 is 3.50. The summed E-state index contributed by atoms with van der Waals surface area (Å²) in [4.78, 5) is 8.99. The number of ether oxygens (including phenoxy) is 1. The molecule has 1 saturated heterocycles. The molecule has 0 aromatic carbocycles. The predicted molar refractivity (Wildman–Crippen MR) is 66.6 cm³/mol. The third-order valence-corrected chi connectivity index (χ3v) is 3.55. The van der Waals surface area contributed by atoms with Crippen molar-refractivity contribution in [2.24, 2.45) is 0 Å². The van der Waals surface area contributed by atoms with Crippen molar-refractivity contribution in [3.05, 3.63) is 16.0 Å². The van der Waals surface area contributed by atoms with Crippen molar-refractivity contribution < 1.29 is 4.74 Å². The molecule has 1 unspecified atom stereocenters. The molecule has 1 aliphatic rings. The minimum absolute atomic E-state index is 0.0733. The van der Waals surface area contributed by atoms with Crippen LogP contribution < -0.4 is 5.32 Å². The summed E-state index contributed by atoms with van der Waals surface area (Å²) in [5.41, 5.74) is 0.955. The maximum Gasteiger partial charge on any atom is 0.159 e. The number of hydrogen-bond donors (Lipinski definition) is 1. The second-order valence-electron chi connectivity index (χ2n) is 3.86. The highest BCUT2D eigenvalue weighted by Crippen LogP contribution is 2.30. The van der Waals surface area contributed by atoms with Gasteiger partial charge in [0.15, 0.2) is 5.82 Å². The Labute approximate surface area is 104 Å². The molecule has 0 spiro atoms. The van der Waals surface area contributed by atoms with E-state index >= 15 is 0 Å². The summed E-state index contributed by atoms with van der Waals surface area (Å²) in [5, 5.41) is 3.23. The second-order valence-corrected chi connectivity index (χ2v) is 4.65. The van der Waals surface area contributed by atoms with Gasteiger partial charge in [-0.1, -0.05) is 0 Å². The van der Waals surface area contributed by atoms with E-state index in [0.29, 0.717) is 0 Å². The van der Waals surface area contributed by atoms with E-state index in [1.165, 1.54) is 0 Å². The topological polar surface area (TPSA) is 47.0 Å². The average molecular weight is 286 g/mol. The van der Waals surface area contributed by atoms with Crippen molar-refractivity contribution in [3.63, 3.8) is 0 Å². The summed E-state index contributed by atoms with van der Waals surface area (Å²) < 4.78 is 6.54. The van der Waals surface area contributed by atoms with Crippen LogP contribution in [0.25, 0.3) is 0 Å². The normalized spacial score (nSPS) is 20.1. The van der Waals surface area contributed by atoms with Gasteiger partial charge in [0.1, 0.15) is 11.9 Å². The molecule has 0 saturated carbocycles. The predicted octanol–water partition coefficient (Wildman–Crippen LogP) is 2.83. The Morgan fingerprint density at radius 1 is 1.50 bits per heavy atom. The molecule has 1 fully saturated rings. The van der Waals surface area contributed by atoms with Crippen LogP contribution in [0.5, 0.6) is 0 Å². The molecule has 0 bridgehead atoms. The van der Waals surface area contributed by atoms with E-state index < -0.39 is 0 Å². The lowest BCUT2D eigenvalue weighted by Gasteiger charge is -2.13. The van der Waals surface area contributed by atoms with Crippen LogP contribution in [0.4, 0.5) is 5.82 Å². The molecule has 0 radical (unpaired) electrons. The van der Waals surface area contributed by atoms with Crippen LogP contribution in [-0.2, 0) is 4.74 Å². The van der Waals surface area contributed by atoms with E-state index in [2.05, 4.69) is 38.1 Å². The van der Waals surface area contributed by atoms with Crippen LogP contribution in [0.15, 0.2) is 4.47 Å². The summed E-state index contributed by atoms with van der Waals surface area (Å²) in [6.07, 6.45) is 2.19. The van der Waals surface area contributed by atoms with Crippen molar-refractivity contribution in [1.29, 1.82) is 0 Å². The van der Waals surface area contributed by atoms with Gasteiger partial charge in [-0.15, -0.1) is 0 Å². The van der Waals surface area contributed by atoms with Crippen LogP contribution in [0.3, 0.4) is 0 Å². The number of hydrogen-bond acceptors (Lipinski definition) is 4. The van der Waals surface area contributed by atoms with Crippen molar-refractivity contribution in [2.75, 3.05) is 18.5 Å².